The summed E-state index contributed by atoms with van der Waals surface area (Å²) in [5, 5.41) is 0. The summed E-state index contributed by atoms with van der Waals surface area (Å²) in [4.78, 5) is 13.8. The molecule has 1 amide bonds. The SMILES string of the molecule is CC(C)N1C(=O)COc2ccc(C(N)C(C)(C)C)cc21. The predicted molar refractivity (Wildman–Crippen MR) is 80.9 cm³/mol. The summed E-state index contributed by atoms with van der Waals surface area (Å²) >= 11 is 0. The lowest BCUT2D eigenvalue weighted by Crippen LogP contribution is -2.43. The lowest BCUT2D eigenvalue weighted by atomic mass is 9.83. The van der Waals surface area contributed by atoms with Crippen molar-refractivity contribution in [2.45, 2.75) is 46.7 Å². The van der Waals surface area contributed by atoms with Crippen LogP contribution in [0, 0.1) is 5.41 Å². The van der Waals surface area contributed by atoms with Gasteiger partial charge < -0.3 is 15.4 Å². The van der Waals surface area contributed by atoms with E-state index < -0.39 is 0 Å². The molecule has 1 heterocycles. The van der Waals surface area contributed by atoms with E-state index >= 15 is 0 Å². The molecule has 1 aromatic carbocycles. The first-order valence-corrected chi connectivity index (χ1v) is 7.06. The first-order chi connectivity index (χ1) is 9.21. The van der Waals surface area contributed by atoms with E-state index in [-0.39, 0.29) is 30.0 Å². The van der Waals surface area contributed by atoms with Crippen LogP contribution in [0.25, 0.3) is 0 Å². The van der Waals surface area contributed by atoms with Crippen molar-refractivity contribution < 1.29 is 9.53 Å². The maximum Gasteiger partial charge on any atom is 0.265 e. The summed E-state index contributed by atoms with van der Waals surface area (Å²) in [5.41, 5.74) is 8.14. The first-order valence-electron chi connectivity index (χ1n) is 7.06. The van der Waals surface area contributed by atoms with Crippen LogP contribution in [0.5, 0.6) is 5.75 Å². The summed E-state index contributed by atoms with van der Waals surface area (Å²) in [6.45, 7) is 10.4. The molecule has 110 valence electrons. The van der Waals surface area contributed by atoms with Crippen LogP contribution in [0.1, 0.15) is 46.2 Å². The van der Waals surface area contributed by atoms with Crippen molar-refractivity contribution in [1.82, 2.24) is 0 Å². The predicted octanol–water partition coefficient (Wildman–Crippen LogP) is 2.87. The Balaban J connectivity index is 2.46. The Morgan fingerprint density at radius 1 is 1.30 bits per heavy atom. The van der Waals surface area contributed by atoms with Gasteiger partial charge in [0.15, 0.2) is 6.61 Å². The van der Waals surface area contributed by atoms with Gasteiger partial charge in [-0.25, -0.2) is 0 Å². The minimum Gasteiger partial charge on any atom is -0.482 e. The number of ether oxygens (including phenoxy) is 1. The molecule has 0 aliphatic carbocycles. The third-order valence-corrected chi connectivity index (χ3v) is 3.67. The average molecular weight is 276 g/mol. The van der Waals surface area contributed by atoms with E-state index in [0.29, 0.717) is 0 Å². The van der Waals surface area contributed by atoms with Crippen LogP contribution in [-0.2, 0) is 4.79 Å². The maximum absolute atomic E-state index is 12.0. The van der Waals surface area contributed by atoms with E-state index in [9.17, 15) is 4.79 Å². The molecular formula is C16H24N2O2. The van der Waals surface area contributed by atoms with Crippen molar-refractivity contribution in [1.29, 1.82) is 0 Å². The van der Waals surface area contributed by atoms with Crippen LogP contribution in [-0.4, -0.2) is 18.6 Å². The summed E-state index contributed by atoms with van der Waals surface area (Å²) in [5.74, 6) is 0.747. The standard InChI is InChI=1S/C16H24N2O2/c1-10(2)18-12-8-11(15(17)16(3,4)5)6-7-13(12)20-9-14(18)19/h6-8,10,15H,9,17H2,1-5H3. The normalized spacial score (nSPS) is 16.9. The Bertz CT molecular complexity index is 518. The third-order valence-electron chi connectivity index (χ3n) is 3.67. The zero-order chi connectivity index (χ0) is 15.1. The van der Waals surface area contributed by atoms with Gasteiger partial charge in [0.1, 0.15) is 5.75 Å². The van der Waals surface area contributed by atoms with Gasteiger partial charge in [-0.2, -0.15) is 0 Å². The Hall–Kier alpha value is -1.55. The molecule has 0 spiro atoms. The molecule has 0 fully saturated rings. The summed E-state index contributed by atoms with van der Waals surface area (Å²) in [6, 6.07) is 5.91. The van der Waals surface area contributed by atoms with Crippen LogP contribution in [0.4, 0.5) is 5.69 Å². The fraction of sp³-hybridized carbons (Fsp3) is 0.562. The number of carbonyl (C=O) groups excluding carboxylic acids is 1. The van der Waals surface area contributed by atoms with E-state index in [4.69, 9.17) is 10.5 Å². The van der Waals surface area contributed by atoms with E-state index in [0.717, 1.165) is 17.0 Å². The molecule has 1 unspecified atom stereocenters. The van der Waals surface area contributed by atoms with Crippen molar-refractivity contribution in [3.8, 4) is 5.75 Å². The number of amides is 1. The first kappa shape index (κ1) is 14.9. The molecule has 0 radical (unpaired) electrons. The van der Waals surface area contributed by atoms with Gasteiger partial charge in [-0.05, 0) is 37.0 Å². The average Bonchev–Trinajstić information content (AvgIpc) is 2.35. The molecule has 4 nitrogen and oxygen atoms in total. The van der Waals surface area contributed by atoms with Crippen LogP contribution in [0.3, 0.4) is 0 Å². The number of hydrogen-bond acceptors (Lipinski definition) is 3. The number of anilines is 1. The monoisotopic (exact) mass is 276 g/mol. The Labute approximate surface area is 120 Å². The number of benzene rings is 1. The van der Waals surface area contributed by atoms with E-state index in [1.54, 1.807) is 4.90 Å². The maximum atomic E-state index is 12.0. The molecule has 0 aromatic heterocycles. The highest BCUT2D eigenvalue weighted by atomic mass is 16.5. The van der Waals surface area contributed by atoms with Gasteiger partial charge in [-0.15, -0.1) is 0 Å². The minimum absolute atomic E-state index is 0.00557. The number of nitrogens with zero attached hydrogens (tertiary/aromatic N) is 1. The van der Waals surface area contributed by atoms with Crippen molar-refractivity contribution in [2.24, 2.45) is 11.1 Å². The third kappa shape index (κ3) is 2.66. The molecular weight excluding hydrogens is 252 g/mol. The molecule has 0 saturated carbocycles. The summed E-state index contributed by atoms with van der Waals surface area (Å²) in [6.07, 6.45) is 0. The van der Waals surface area contributed by atoms with Crippen LogP contribution in [0.2, 0.25) is 0 Å². The largest absolute Gasteiger partial charge is 0.482 e. The smallest absolute Gasteiger partial charge is 0.265 e. The van der Waals surface area contributed by atoms with Gasteiger partial charge in [0.2, 0.25) is 0 Å². The second-order valence-electron chi connectivity index (χ2n) is 6.72. The second kappa shape index (κ2) is 5.09. The van der Waals surface area contributed by atoms with Gasteiger partial charge >= 0.3 is 0 Å². The Morgan fingerprint density at radius 2 is 1.95 bits per heavy atom. The lowest BCUT2D eigenvalue weighted by molar-refractivity contribution is -0.121. The van der Waals surface area contributed by atoms with Gasteiger partial charge in [-0.1, -0.05) is 26.8 Å². The number of fused-ring (bicyclic) bond motifs is 1. The highest BCUT2D eigenvalue weighted by Gasteiger charge is 2.30. The molecule has 1 atom stereocenters. The molecule has 2 N–H and O–H groups in total. The zero-order valence-electron chi connectivity index (χ0n) is 12.9. The van der Waals surface area contributed by atoms with Crippen LogP contribution >= 0.6 is 0 Å². The lowest BCUT2D eigenvalue weighted by Gasteiger charge is -2.34. The topological polar surface area (TPSA) is 55.6 Å². The molecule has 4 heteroatoms. The molecule has 20 heavy (non-hydrogen) atoms. The van der Waals surface area contributed by atoms with Crippen molar-refractivity contribution >= 4 is 11.6 Å². The number of hydrogen-bond donors (Lipinski definition) is 1. The Morgan fingerprint density at radius 3 is 2.50 bits per heavy atom. The summed E-state index contributed by atoms with van der Waals surface area (Å²) < 4.78 is 5.50. The molecule has 1 aromatic rings. The minimum atomic E-state index is -0.0844. The van der Waals surface area contributed by atoms with Gasteiger partial charge in [0.05, 0.1) is 5.69 Å². The van der Waals surface area contributed by atoms with Gasteiger partial charge in [0.25, 0.3) is 5.91 Å². The highest BCUT2D eigenvalue weighted by molar-refractivity contribution is 5.98. The molecule has 1 aliphatic rings. The van der Waals surface area contributed by atoms with Crippen molar-refractivity contribution in [3.05, 3.63) is 23.8 Å². The van der Waals surface area contributed by atoms with Gasteiger partial charge in [-0.3, -0.25) is 4.79 Å². The van der Waals surface area contributed by atoms with Crippen molar-refractivity contribution in [2.75, 3.05) is 11.5 Å². The fourth-order valence-electron chi connectivity index (χ4n) is 2.45. The van der Waals surface area contributed by atoms with Crippen LogP contribution < -0.4 is 15.4 Å². The number of rotatable bonds is 2. The summed E-state index contributed by atoms with van der Waals surface area (Å²) in [7, 11) is 0. The highest BCUT2D eigenvalue weighted by Crippen LogP contribution is 2.38. The number of carbonyl (C=O) groups is 1. The molecule has 0 saturated heterocycles. The molecule has 0 bridgehead atoms. The zero-order valence-corrected chi connectivity index (χ0v) is 12.9. The van der Waals surface area contributed by atoms with Crippen molar-refractivity contribution in [3.63, 3.8) is 0 Å². The molecule has 1 aliphatic heterocycles. The van der Waals surface area contributed by atoms with E-state index in [1.165, 1.54) is 0 Å². The van der Waals surface area contributed by atoms with Crippen LogP contribution in [0.15, 0.2) is 18.2 Å². The van der Waals surface area contributed by atoms with E-state index in [2.05, 4.69) is 20.8 Å². The molecule has 2 rings (SSSR count). The van der Waals surface area contributed by atoms with E-state index in [1.807, 2.05) is 32.0 Å². The van der Waals surface area contributed by atoms with Gasteiger partial charge in [0, 0.05) is 12.1 Å². The second-order valence-corrected chi connectivity index (χ2v) is 6.72. The fourth-order valence-corrected chi connectivity index (χ4v) is 2.45. The Kier molecular flexibility index (Phi) is 3.78. The number of nitrogens with two attached hydrogens (primary N) is 1. The quantitative estimate of drug-likeness (QED) is 0.903.